The highest BCUT2D eigenvalue weighted by Crippen LogP contribution is 2.24. The van der Waals surface area contributed by atoms with Crippen molar-refractivity contribution in [1.82, 2.24) is 0 Å². The Balaban J connectivity index is 2.33. The lowest BCUT2D eigenvalue weighted by molar-refractivity contribution is 0.0697. The summed E-state index contributed by atoms with van der Waals surface area (Å²) in [6, 6.07) is 9.56. The summed E-state index contributed by atoms with van der Waals surface area (Å²) in [7, 11) is 1.59. The number of ether oxygens (including phenoxy) is 1. The number of hydrogen-bond acceptors (Lipinski definition) is 4. The molecule has 0 aliphatic rings. The second kappa shape index (κ2) is 5.27. The fourth-order valence-corrected chi connectivity index (χ4v) is 2.40. The zero-order valence-electron chi connectivity index (χ0n) is 12.1. The minimum absolute atomic E-state index is 0.0561. The van der Waals surface area contributed by atoms with Gasteiger partial charge >= 0.3 is 5.97 Å². The maximum Gasteiger partial charge on any atom is 0.335 e. The van der Waals surface area contributed by atoms with E-state index >= 15 is 0 Å². The van der Waals surface area contributed by atoms with Crippen LogP contribution in [0.2, 0.25) is 0 Å². The molecule has 0 aliphatic heterocycles. The fourth-order valence-electron chi connectivity index (χ4n) is 2.40. The number of carboxylic acids is 1. The number of benzene rings is 2. The molecule has 3 rings (SSSR count). The van der Waals surface area contributed by atoms with Crippen LogP contribution in [0.4, 0.5) is 0 Å². The van der Waals surface area contributed by atoms with Gasteiger partial charge in [-0.3, -0.25) is 4.79 Å². The molecule has 5 nitrogen and oxygen atoms in total. The zero-order valence-corrected chi connectivity index (χ0v) is 12.1. The highest BCUT2D eigenvalue weighted by molar-refractivity contribution is 5.96. The van der Waals surface area contributed by atoms with E-state index in [9.17, 15) is 9.59 Å². The SMILES string of the molecule is CO[C@@H](C)c1ccc2oc3ccc(C(=O)O)cc3c(=O)c2c1. The van der Waals surface area contributed by atoms with Crippen LogP contribution in [0.1, 0.15) is 28.9 Å². The molecule has 112 valence electrons. The zero-order chi connectivity index (χ0) is 15.9. The minimum atomic E-state index is -1.08. The predicted molar refractivity (Wildman–Crippen MR) is 82.4 cm³/mol. The number of fused-ring (bicyclic) bond motifs is 2. The van der Waals surface area contributed by atoms with Crippen LogP contribution in [0.3, 0.4) is 0 Å². The largest absolute Gasteiger partial charge is 0.478 e. The summed E-state index contributed by atoms with van der Waals surface area (Å²) in [5.74, 6) is -1.08. The molecular formula is C17H14O5. The standard InChI is InChI=1S/C17H14O5/c1-9(21-2)10-3-5-14-12(7-10)16(18)13-8-11(17(19)20)4-6-15(13)22-14/h3-9H,1-2H3,(H,19,20)/t9-/m0/s1. The molecule has 0 radical (unpaired) electrons. The monoisotopic (exact) mass is 298 g/mol. The van der Waals surface area contributed by atoms with Crippen molar-refractivity contribution in [3.63, 3.8) is 0 Å². The van der Waals surface area contributed by atoms with E-state index in [1.807, 2.05) is 13.0 Å². The van der Waals surface area contributed by atoms with Gasteiger partial charge in [0.05, 0.1) is 22.4 Å². The summed E-state index contributed by atoms with van der Waals surface area (Å²) >= 11 is 0. The van der Waals surface area contributed by atoms with Crippen molar-refractivity contribution in [2.45, 2.75) is 13.0 Å². The number of carboxylic acid groups (broad SMARTS) is 1. The Hall–Kier alpha value is -2.66. The topological polar surface area (TPSA) is 76.7 Å². The van der Waals surface area contributed by atoms with Crippen molar-refractivity contribution in [2.75, 3.05) is 7.11 Å². The molecule has 0 spiro atoms. The van der Waals surface area contributed by atoms with Gasteiger partial charge in [0.1, 0.15) is 11.2 Å². The molecule has 1 atom stereocenters. The fraction of sp³-hybridized carbons (Fsp3) is 0.176. The van der Waals surface area contributed by atoms with Crippen molar-refractivity contribution in [3.8, 4) is 0 Å². The van der Waals surface area contributed by atoms with Crippen LogP contribution >= 0.6 is 0 Å². The summed E-state index contributed by atoms with van der Waals surface area (Å²) in [4.78, 5) is 23.7. The normalized spacial score (nSPS) is 12.6. The molecule has 3 aromatic rings. The molecule has 1 heterocycles. The molecule has 0 aliphatic carbocycles. The van der Waals surface area contributed by atoms with Crippen LogP contribution < -0.4 is 5.43 Å². The first-order chi connectivity index (χ1) is 10.5. The van der Waals surface area contributed by atoms with E-state index in [1.54, 1.807) is 19.2 Å². The second-order valence-electron chi connectivity index (χ2n) is 5.08. The van der Waals surface area contributed by atoms with Crippen molar-refractivity contribution in [3.05, 3.63) is 57.7 Å². The Labute approximate surface area is 125 Å². The first kappa shape index (κ1) is 14.3. The van der Waals surface area contributed by atoms with Gasteiger partial charge in [0.15, 0.2) is 0 Å². The third-order valence-corrected chi connectivity index (χ3v) is 3.76. The minimum Gasteiger partial charge on any atom is -0.478 e. The van der Waals surface area contributed by atoms with Crippen LogP contribution in [0, 0.1) is 0 Å². The predicted octanol–water partition coefficient (Wildman–Crippen LogP) is 3.35. The van der Waals surface area contributed by atoms with Crippen molar-refractivity contribution in [2.24, 2.45) is 0 Å². The van der Waals surface area contributed by atoms with E-state index in [0.29, 0.717) is 16.6 Å². The first-order valence-corrected chi connectivity index (χ1v) is 6.78. The van der Waals surface area contributed by atoms with E-state index in [1.165, 1.54) is 18.2 Å². The summed E-state index contributed by atoms with van der Waals surface area (Å²) < 4.78 is 10.9. The Morgan fingerprint density at radius 2 is 1.77 bits per heavy atom. The molecule has 0 saturated heterocycles. The van der Waals surface area contributed by atoms with Gasteiger partial charge in [-0.05, 0) is 42.8 Å². The maximum absolute atomic E-state index is 12.6. The van der Waals surface area contributed by atoms with Gasteiger partial charge in [-0.15, -0.1) is 0 Å². The van der Waals surface area contributed by atoms with E-state index in [2.05, 4.69) is 0 Å². The molecule has 5 heteroatoms. The smallest absolute Gasteiger partial charge is 0.335 e. The first-order valence-electron chi connectivity index (χ1n) is 6.78. The van der Waals surface area contributed by atoms with Crippen molar-refractivity contribution in [1.29, 1.82) is 0 Å². The van der Waals surface area contributed by atoms with Gasteiger partial charge in [0.25, 0.3) is 0 Å². The lowest BCUT2D eigenvalue weighted by atomic mass is 10.0. The molecule has 2 aromatic carbocycles. The number of carbonyl (C=O) groups is 1. The summed E-state index contributed by atoms with van der Waals surface area (Å²) in [5, 5.41) is 9.72. The molecule has 1 aromatic heterocycles. The molecule has 1 N–H and O–H groups in total. The average molecular weight is 298 g/mol. The molecule has 0 saturated carbocycles. The van der Waals surface area contributed by atoms with Crippen LogP contribution in [0.5, 0.6) is 0 Å². The second-order valence-corrected chi connectivity index (χ2v) is 5.08. The van der Waals surface area contributed by atoms with Crippen LogP contribution in [0.25, 0.3) is 21.9 Å². The number of rotatable bonds is 3. The van der Waals surface area contributed by atoms with E-state index < -0.39 is 5.97 Å². The Morgan fingerprint density at radius 3 is 2.41 bits per heavy atom. The third-order valence-electron chi connectivity index (χ3n) is 3.76. The highest BCUT2D eigenvalue weighted by Gasteiger charge is 2.13. The Bertz CT molecular complexity index is 939. The Morgan fingerprint density at radius 1 is 1.14 bits per heavy atom. The van der Waals surface area contributed by atoms with Crippen molar-refractivity contribution < 1.29 is 19.1 Å². The molecule has 0 amide bonds. The molecular weight excluding hydrogens is 284 g/mol. The van der Waals surface area contributed by atoms with Gasteiger partial charge in [-0.1, -0.05) is 6.07 Å². The number of methoxy groups -OCH3 is 1. The number of aromatic carboxylic acids is 1. The number of hydrogen-bond donors (Lipinski definition) is 1. The lowest BCUT2D eigenvalue weighted by Crippen LogP contribution is -2.06. The molecule has 0 bridgehead atoms. The quantitative estimate of drug-likeness (QED) is 0.750. The average Bonchev–Trinajstić information content (AvgIpc) is 2.53. The van der Waals surface area contributed by atoms with Gasteiger partial charge < -0.3 is 14.3 Å². The molecule has 0 unspecified atom stereocenters. The summed E-state index contributed by atoms with van der Waals surface area (Å²) in [5.41, 5.74) is 1.50. The van der Waals surface area contributed by atoms with Crippen LogP contribution in [-0.2, 0) is 4.74 Å². The van der Waals surface area contributed by atoms with Crippen LogP contribution in [0.15, 0.2) is 45.6 Å². The summed E-state index contributed by atoms with van der Waals surface area (Å²) in [6.45, 7) is 1.88. The molecule has 0 fully saturated rings. The highest BCUT2D eigenvalue weighted by atomic mass is 16.5. The van der Waals surface area contributed by atoms with E-state index in [4.69, 9.17) is 14.3 Å². The van der Waals surface area contributed by atoms with E-state index in [-0.39, 0.29) is 22.5 Å². The third kappa shape index (κ3) is 2.25. The van der Waals surface area contributed by atoms with Gasteiger partial charge in [0, 0.05) is 7.11 Å². The molecule has 22 heavy (non-hydrogen) atoms. The van der Waals surface area contributed by atoms with E-state index in [0.717, 1.165) is 5.56 Å². The Kier molecular flexibility index (Phi) is 3.42. The van der Waals surface area contributed by atoms with Gasteiger partial charge in [-0.2, -0.15) is 0 Å². The maximum atomic E-state index is 12.6. The van der Waals surface area contributed by atoms with Crippen molar-refractivity contribution >= 4 is 27.9 Å². The van der Waals surface area contributed by atoms with Gasteiger partial charge in [-0.25, -0.2) is 4.79 Å². The summed E-state index contributed by atoms with van der Waals surface area (Å²) in [6.07, 6.45) is -0.148. The van der Waals surface area contributed by atoms with Crippen LogP contribution in [-0.4, -0.2) is 18.2 Å². The lowest BCUT2D eigenvalue weighted by Gasteiger charge is -2.10. The van der Waals surface area contributed by atoms with Gasteiger partial charge in [0.2, 0.25) is 5.43 Å².